The first-order valence-electron chi connectivity index (χ1n) is 5.39. The van der Waals surface area contributed by atoms with Gasteiger partial charge in [0.25, 0.3) is 0 Å². The summed E-state index contributed by atoms with van der Waals surface area (Å²) >= 11 is 0. The molecule has 2 rings (SSSR count). The molecule has 0 spiro atoms. The number of halogens is 2. The molecular formula is C13H10F2N2O2. The van der Waals surface area contributed by atoms with Crippen molar-refractivity contribution in [1.29, 1.82) is 0 Å². The van der Waals surface area contributed by atoms with Gasteiger partial charge in [-0.25, -0.2) is 18.6 Å². The van der Waals surface area contributed by atoms with E-state index in [1.165, 1.54) is 24.4 Å². The lowest BCUT2D eigenvalue weighted by Crippen LogP contribution is -2.09. The SMILES string of the molecule is Nc1ccc(C(=O)OCc2c(F)cccc2F)nc1. The van der Waals surface area contributed by atoms with Gasteiger partial charge in [-0.1, -0.05) is 6.07 Å². The summed E-state index contributed by atoms with van der Waals surface area (Å²) in [5.41, 5.74) is 5.54. The zero-order valence-corrected chi connectivity index (χ0v) is 9.77. The molecule has 98 valence electrons. The Hall–Kier alpha value is -2.50. The van der Waals surface area contributed by atoms with Crippen LogP contribution in [0.5, 0.6) is 0 Å². The first-order valence-corrected chi connectivity index (χ1v) is 5.39. The lowest BCUT2D eigenvalue weighted by molar-refractivity contribution is 0.0458. The van der Waals surface area contributed by atoms with Crippen LogP contribution in [0, 0.1) is 11.6 Å². The second-order valence-electron chi connectivity index (χ2n) is 3.75. The summed E-state index contributed by atoms with van der Waals surface area (Å²) in [7, 11) is 0. The molecule has 1 heterocycles. The number of hydrogen-bond donors (Lipinski definition) is 1. The number of carbonyl (C=O) groups is 1. The third-order valence-electron chi connectivity index (χ3n) is 2.40. The number of nitrogen functional groups attached to an aromatic ring is 1. The molecule has 2 N–H and O–H groups in total. The fraction of sp³-hybridized carbons (Fsp3) is 0.0769. The molecule has 0 atom stereocenters. The lowest BCUT2D eigenvalue weighted by atomic mass is 10.2. The van der Waals surface area contributed by atoms with E-state index in [4.69, 9.17) is 10.5 Å². The third kappa shape index (κ3) is 3.04. The van der Waals surface area contributed by atoms with E-state index in [-0.39, 0.29) is 11.3 Å². The molecule has 0 aliphatic heterocycles. The Morgan fingerprint density at radius 2 is 1.89 bits per heavy atom. The maximum absolute atomic E-state index is 13.3. The Morgan fingerprint density at radius 1 is 1.21 bits per heavy atom. The highest BCUT2D eigenvalue weighted by Crippen LogP contribution is 2.14. The molecule has 1 aromatic carbocycles. The molecule has 0 aliphatic carbocycles. The van der Waals surface area contributed by atoms with Crippen LogP contribution >= 0.6 is 0 Å². The summed E-state index contributed by atoms with van der Waals surface area (Å²) in [5.74, 6) is -2.31. The molecule has 0 amide bonds. The zero-order valence-electron chi connectivity index (χ0n) is 9.77. The average molecular weight is 264 g/mol. The number of pyridine rings is 1. The van der Waals surface area contributed by atoms with Gasteiger partial charge in [0.15, 0.2) is 0 Å². The number of aromatic nitrogens is 1. The molecule has 1 aromatic heterocycles. The van der Waals surface area contributed by atoms with Crippen molar-refractivity contribution in [2.45, 2.75) is 6.61 Å². The van der Waals surface area contributed by atoms with Gasteiger partial charge in [0.05, 0.1) is 17.4 Å². The molecule has 2 aromatic rings. The molecule has 4 nitrogen and oxygen atoms in total. The fourth-order valence-electron chi connectivity index (χ4n) is 1.41. The van der Waals surface area contributed by atoms with E-state index in [1.54, 1.807) is 0 Å². The molecule has 0 saturated heterocycles. The average Bonchev–Trinajstić information content (AvgIpc) is 2.38. The molecule has 0 fully saturated rings. The summed E-state index contributed by atoms with van der Waals surface area (Å²) in [4.78, 5) is 15.3. The summed E-state index contributed by atoms with van der Waals surface area (Å²) in [6, 6.07) is 6.27. The first kappa shape index (κ1) is 12.9. The second-order valence-corrected chi connectivity index (χ2v) is 3.75. The number of carbonyl (C=O) groups excluding carboxylic acids is 1. The highest BCUT2D eigenvalue weighted by atomic mass is 19.1. The van der Waals surface area contributed by atoms with E-state index < -0.39 is 24.2 Å². The monoisotopic (exact) mass is 264 g/mol. The Balaban J connectivity index is 2.06. The Morgan fingerprint density at radius 3 is 2.47 bits per heavy atom. The minimum Gasteiger partial charge on any atom is -0.456 e. The summed E-state index contributed by atoms with van der Waals surface area (Å²) in [6.45, 7) is -0.497. The van der Waals surface area contributed by atoms with Crippen LogP contribution in [0.25, 0.3) is 0 Å². The quantitative estimate of drug-likeness (QED) is 0.864. The van der Waals surface area contributed by atoms with Crippen molar-refractivity contribution in [3.63, 3.8) is 0 Å². The Labute approximate surface area is 107 Å². The predicted octanol–water partition coefficient (Wildman–Crippen LogP) is 2.30. The van der Waals surface area contributed by atoms with Crippen molar-refractivity contribution < 1.29 is 18.3 Å². The van der Waals surface area contributed by atoms with Crippen molar-refractivity contribution >= 4 is 11.7 Å². The minimum atomic E-state index is -0.775. The normalized spacial score (nSPS) is 10.2. The standard InChI is InChI=1S/C13H10F2N2O2/c14-10-2-1-3-11(15)9(10)7-19-13(18)12-5-4-8(16)6-17-12/h1-6H,7,16H2. The van der Waals surface area contributed by atoms with Gasteiger partial charge in [0.2, 0.25) is 0 Å². The van der Waals surface area contributed by atoms with Crippen LogP contribution in [0.4, 0.5) is 14.5 Å². The number of rotatable bonds is 3. The van der Waals surface area contributed by atoms with Gasteiger partial charge in [-0.05, 0) is 24.3 Å². The summed E-state index contributed by atoms with van der Waals surface area (Å²) < 4.78 is 31.4. The van der Waals surface area contributed by atoms with Crippen molar-refractivity contribution in [3.8, 4) is 0 Å². The van der Waals surface area contributed by atoms with E-state index in [2.05, 4.69) is 4.98 Å². The van der Waals surface area contributed by atoms with Crippen molar-refractivity contribution in [2.24, 2.45) is 0 Å². The summed E-state index contributed by atoms with van der Waals surface area (Å²) in [5, 5.41) is 0. The maximum Gasteiger partial charge on any atom is 0.357 e. The number of nitrogens with zero attached hydrogens (tertiary/aromatic N) is 1. The zero-order chi connectivity index (χ0) is 13.8. The summed E-state index contributed by atoms with van der Waals surface area (Å²) in [6.07, 6.45) is 1.29. The molecule has 0 unspecified atom stereocenters. The minimum absolute atomic E-state index is 0.0194. The van der Waals surface area contributed by atoms with Crippen molar-refractivity contribution in [3.05, 3.63) is 59.4 Å². The molecule has 6 heteroatoms. The number of ether oxygens (including phenoxy) is 1. The second kappa shape index (κ2) is 5.43. The van der Waals surface area contributed by atoms with Gasteiger partial charge in [-0.2, -0.15) is 0 Å². The van der Waals surface area contributed by atoms with Crippen LogP contribution < -0.4 is 5.73 Å². The van der Waals surface area contributed by atoms with Gasteiger partial charge in [-0.15, -0.1) is 0 Å². The smallest absolute Gasteiger partial charge is 0.357 e. The molecule has 0 saturated carbocycles. The van der Waals surface area contributed by atoms with E-state index in [0.29, 0.717) is 5.69 Å². The number of esters is 1. The van der Waals surface area contributed by atoms with Gasteiger partial charge in [0.1, 0.15) is 23.9 Å². The van der Waals surface area contributed by atoms with Crippen LogP contribution in [0.3, 0.4) is 0 Å². The van der Waals surface area contributed by atoms with Gasteiger partial charge in [0, 0.05) is 0 Å². The van der Waals surface area contributed by atoms with Crippen LogP contribution in [-0.2, 0) is 11.3 Å². The molecule has 0 aliphatic rings. The molecule has 0 radical (unpaired) electrons. The molecular weight excluding hydrogens is 254 g/mol. The van der Waals surface area contributed by atoms with Crippen molar-refractivity contribution in [2.75, 3.05) is 5.73 Å². The van der Waals surface area contributed by atoms with Gasteiger partial charge in [-0.3, -0.25) is 0 Å². The number of benzene rings is 1. The largest absolute Gasteiger partial charge is 0.456 e. The van der Waals surface area contributed by atoms with Gasteiger partial charge < -0.3 is 10.5 Å². The Bertz CT molecular complexity index is 580. The highest BCUT2D eigenvalue weighted by Gasteiger charge is 2.13. The molecule has 19 heavy (non-hydrogen) atoms. The topological polar surface area (TPSA) is 65.2 Å². The number of nitrogens with two attached hydrogens (primary N) is 1. The van der Waals surface area contributed by atoms with Crippen molar-refractivity contribution in [1.82, 2.24) is 4.98 Å². The number of hydrogen-bond acceptors (Lipinski definition) is 4. The number of anilines is 1. The molecule has 0 bridgehead atoms. The van der Waals surface area contributed by atoms with E-state index in [1.807, 2.05) is 0 Å². The maximum atomic E-state index is 13.3. The van der Waals surface area contributed by atoms with Crippen LogP contribution in [0.1, 0.15) is 16.1 Å². The Kier molecular flexibility index (Phi) is 3.70. The predicted molar refractivity (Wildman–Crippen MR) is 64.1 cm³/mol. The first-order chi connectivity index (χ1) is 9.08. The third-order valence-corrected chi connectivity index (χ3v) is 2.40. The van der Waals surface area contributed by atoms with E-state index in [0.717, 1.165) is 12.1 Å². The van der Waals surface area contributed by atoms with Crippen LogP contribution in [0.15, 0.2) is 36.5 Å². The highest BCUT2D eigenvalue weighted by molar-refractivity contribution is 5.87. The van der Waals surface area contributed by atoms with Crippen LogP contribution in [-0.4, -0.2) is 11.0 Å². The van der Waals surface area contributed by atoms with Gasteiger partial charge >= 0.3 is 5.97 Å². The lowest BCUT2D eigenvalue weighted by Gasteiger charge is -2.06. The fourth-order valence-corrected chi connectivity index (χ4v) is 1.41. The van der Waals surface area contributed by atoms with Crippen LogP contribution in [0.2, 0.25) is 0 Å². The van der Waals surface area contributed by atoms with E-state index in [9.17, 15) is 13.6 Å². The van der Waals surface area contributed by atoms with E-state index >= 15 is 0 Å².